The van der Waals surface area contributed by atoms with Crippen molar-refractivity contribution in [1.82, 2.24) is 8.75 Å². The summed E-state index contributed by atoms with van der Waals surface area (Å²) in [4.78, 5) is 1.32. The standard InChI is InChI=1S/C20H14Br2F2I2N2S3/c1-7(25)3-9-5-11(29-19(9)21)13-15(23)16(24)14(18-17(13)27-31-28-18)12-6-10(4-8(2)26)20(22)30-12/h5-8H,3-4H2,1-2H3. The Bertz CT molecular complexity index is 1170. The summed E-state index contributed by atoms with van der Waals surface area (Å²) in [6, 6.07) is 3.86. The van der Waals surface area contributed by atoms with Gasteiger partial charge in [-0.05, 0) is 68.0 Å². The van der Waals surface area contributed by atoms with Crippen molar-refractivity contribution >= 4 is 122 Å². The molecule has 4 rings (SSSR count). The Kier molecular flexibility index (Phi) is 8.13. The molecule has 0 spiro atoms. The van der Waals surface area contributed by atoms with Crippen LogP contribution in [0.3, 0.4) is 0 Å². The van der Waals surface area contributed by atoms with Crippen molar-refractivity contribution in [3.8, 4) is 20.9 Å². The number of hydrogen-bond acceptors (Lipinski definition) is 5. The van der Waals surface area contributed by atoms with Crippen molar-refractivity contribution in [1.29, 1.82) is 0 Å². The molecule has 2 unspecified atom stereocenters. The van der Waals surface area contributed by atoms with Gasteiger partial charge in [-0.1, -0.05) is 59.0 Å². The lowest BCUT2D eigenvalue weighted by Gasteiger charge is -2.08. The molecule has 164 valence electrons. The van der Waals surface area contributed by atoms with Crippen LogP contribution < -0.4 is 0 Å². The molecule has 0 aliphatic rings. The second-order valence-electron chi connectivity index (χ2n) is 7.13. The fraction of sp³-hybridized carbons (Fsp3) is 0.300. The van der Waals surface area contributed by atoms with E-state index in [1.54, 1.807) is 0 Å². The number of aromatic nitrogens is 2. The van der Waals surface area contributed by atoms with E-state index in [9.17, 15) is 0 Å². The van der Waals surface area contributed by atoms with Crippen molar-refractivity contribution in [3.63, 3.8) is 0 Å². The number of alkyl halides is 2. The first-order valence-corrected chi connectivity index (χ1v) is 15.6. The number of thiophene rings is 2. The van der Waals surface area contributed by atoms with Gasteiger partial charge in [0, 0.05) is 17.6 Å². The first-order chi connectivity index (χ1) is 14.7. The molecule has 3 heterocycles. The van der Waals surface area contributed by atoms with Crippen LogP contribution in [0.4, 0.5) is 8.78 Å². The molecule has 3 aromatic heterocycles. The van der Waals surface area contributed by atoms with Gasteiger partial charge in [-0.25, -0.2) is 8.78 Å². The second kappa shape index (κ2) is 10.1. The second-order valence-corrected chi connectivity index (χ2v) is 16.6. The van der Waals surface area contributed by atoms with Crippen molar-refractivity contribution in [2.24, 2.45) is 0 Å². The van der Waals surface area contributed by atoms with Gasteiger partial charge in [0.2, 0.25) is 0 Å². The molecule has 31 heavy (non-hydrogen) atoms. The van der Waals surface area contributed by atoms with E-state index in [0.29, 0.717) is 28.6 Å². The van der Waals surface area contributed by atoms with Crippen LogP contribution in [-0.4, -0.2) is 16.6 Å². The number of halogens is 6. The zero-order chi connectivity index (χ0) is 22.4. The van der Waals surface area contributed by atoms with Crippen molar-refractivity contribution < 1.29 is 8.78 Å². The number of benzene rings is 1. The largest absolute Gasteiger partial charge is 0.203 e. The zero-order valence-corrected chi connectivity index (χ0v) is 26.0. The molecule has 4 aromatic rings. The van der Waals surface area contributed by atoms with Crippen LogP contribution >= 0.6 is 111 Å². The summed E-state index contributed by atoms with van der Waals surface area (Å²) >= 11 is 15.7. The predicted octanol–water partition coefficient (Wildman–Crippen LogP) is 9.68. The van der Waals surface area contributed by atoms with Gasteiger partial charge in [-0.2, -0.15) is 8.75 Å². The highest BCUT2D eigenvalue weighted by Gasteiger charge is 2.28. The van der Waals surface area contributed by atoms with Crippen LogP contribution in [0.15, 0.2) is 19.7 Å². The number of rotatable bonds is 6. The molecule has 2 atom stereocenters. The van der Waals surface area contributed by atoms with Gasteiger partial charge in [0.15, 0.2) is 11.6 Å². The topological polar surface area (TPSA) is 25.8 Å². The third-order valence-electron chi connectivity index (χ3n) is 4.60. The molecule has 0 saturated heterocycles. The van der Waals surface area contributed by atoms with Gasteiger partial charge in [0.1, 0.15) is 11.0 Å². The Morgan fingerprint density at radius 2 is 1.23 bits per heavy atom. The monoisotopic (exact) mass is 828 g/mol. The van der Waals surface area contributed by atoms with E-state index in [1.807, 2.05) is 12.1 Å². The summed E-state index contributed by atoms with van der Waals surface area (Å²) in [5.74, 6) is -1.74. The molecular weight excluding hydrogens is 816 g/mol. The normalized spacial score (nSPS) is 13.8. The van der Waals surface area contributed by atoms with E-state index in [0.717, 1.165) is 43.3 Å². The van der Waals surface area contributed by atoms with Gasteiger partial charge < -0.3 is 0 Å². The van der Waals surface area contributed by atoms with E-state index in [2.05, 4.69) is 99.6 Å². The van der Waals surface area contributed by atoms with Crippen LogP contribution in [0, 0.1) is 11.6 Å². The molecular formula is C20H14Br2F2I2N2S3. The summed E-state index contributed by atoms with van der Waals surface area (Å²) in [6.07, 6.45) is 1.69. The molecule has 2 nitrogen and oxygen atoms in total. The summed E-state index contributed by atoms with van der Waals surface area (Å²) in [7, 11) is 0. The first kappa shape index (κ1) is 24.8. The lowest BCUT2D eigenvalue weighted by molar-refractivity contribution is 0.516. The molecule has 0 aliphatic carbocycles. The van der Waals surface area contributed by atoms with E-state index < -0.39 is 11.6 Å². The molecule has 11 heteroatoms. The van der Waals surface area contributed by atoms with Crippen LogP contribution in [0.25, 0.3) is 31.9 Å². The highest BCUT2D eigenvalue weighted by Crippen LogP contribution is 2.46. The third kappa shape index (κ3) is 5.07. The summed E-state index contributed by atoms with van der Waals surface area (Å²) in [5.41, 5.74) is 3.38. The van der Waals surface area contributed by atoms with E-state index in [1.165, 1.54) is 22.7 Å². The molecule has 0 N–H and O–H groups in total. The third-order valence-corrected chi connectivity index (χ3v) is 9.97. The highest BCUT2D eigenvalue weighted by atomic mass is 127. The number of nitrogens with zero attached hydrogens (tertiary/aromatic N) is 2. The quantitative estimate of drug-likeness (QED) is 0.143. The Morgan fingerprint density at radius 1 is 0.839 bits per heavy atom. The average Bonchev–Trinajstić information content (AvgIpc) is 3.36. The van der Waals surface area contributed by atoms with Gasteiger partial charge in [-0.15, -0.1) is 22.7 Å². The fourth-order valence-electron chi connectivity index (χ4n) is 3.34. The molecule has 0 amide bonds. The van der Waals surface area contributed by atoms with Crippen LogP contribution in [-0.2, 0) is 12.8 Å². The van der Waals surface area contributed by atoms with Gasteiger partial charge in [0.05, 0.1) is 30.4 Å². The van der Waals surface area contributed by atoms with Gasteiger partial charge in [-0.3, -0.25) is 0 Å². The van der Waals surface area contributed by atoms with Gasteiger partial charge >= 0.3 is 0 Å². The van der Waals surface area contributed by atoms with Crippen molar-refractivity contribution in [2.45, 2.75) is 34.5 Å². The molecule has 0 fully saturated rings. The SMILES string of the molecule is CC(I)Cc1cc(-c2c(F)c(F)c(-c3cc(CC(C)I)c(Br)s3)c3nsnc23)sc1Br. The number of fused-ring (bicyclic) bond motifs is 1. The Morgan fingerprint density at radius 3 is 1.58 bits per heavy atom. The smallest absolute Gasteiger partial charge is 0.170 e. The summed E-state index contributed by atoms with van der Waals surface area (Å²) < 4.78 is 42.5. The minimum absolute atomic E-state index is 0.194. The molecule has 0 radical (unpaired) electrons. The zero-order valence-electron chi connectivity index (χ0n) is 16.1. The molecule has 0 bridgehead atoms. The van der Waals surface area contributed by atoms with Crippen molar-refractivity contribution in [2.75, 3.05) is 0 Å². The highest BCUT2D eigenvalue weighted by molar-refractivity contribution is 14.1. The van der Waals surface area contributed by atoms with E-state index in [-0.39, 0.29) is 11.1 Å². The molecule has 1 aromatic carbocycles. The first-order valence-electron chi connectivity index (χ1n) is 9.15. The Balaban J connectivity index is 1.90. The van der Waals surface area contributed by atoms with E-state index in [4.69, 9.17) is 0 Å². The predicted molar refractivity (Wildman–Crippen MR) is 154 cm³/mol. The minimum Gasteiger partial charge on any atom is -0.203 e. The van der Waals surface area contributed by atoms with Crippen LogP contribution in [0.5, 0.6) is 0 Å². The van der Waals surface area contributed by atoms with Crippen molar-refractivity contribution in [3.05, 3.63) is 42.5 Å². The van der Waals surface area contributed by atoms with Crippen LogP contribution in [0.1, 0.15) is 25.0 Å². The lowest BCUT2D eigenvalue weighted by Crippen LogP contribution is -1.97. The molecule has 0 saturated carbocycles. The maximum Gasteiger partial charge on any atom is 0.170 e. The maximum atomic E-state index is 15.5. The average molecular weight is 830 g/mol. The maximum absolute atomic E-state index is 15.5. The Labute approximate surface area is 235 Å². The lowest BCUT2D eigenvalue weighted by atomic mass is 10.0. The summed E-state index contributed by atoms with van der Waals surface area (Å²) in [6.45, 7) is 4.24. The summed E-state index contributed by atoms with van der Waals surface area (Å²) in [5, 5.41) is 0. The van der Waals surface area contributed by atoms with Gasteiger partial charge in [0.25, 0.3) is 0 Å². The molecule has 0 aliphatic heterocycles. The van der Waals surface area contributed by atoms with Crippen LogP contribution in [0.2, 0.25) is 0 Å². The fourth-order valence-corrected chi connectivity index (χ4v) is 8.36. The minimum atomic E-state index is -0.869. The number of hydrogen-bond donors (Lipinski definition) is 0. The van der Waals surface area contributed by atoms with E-state index >= 15 is 8.78 Å². The Hall–Kier alpha value is 0.720.